The largest absolute Gasteiger partial charge is 0.348 e. The number of carbonyl (C=O) groups is 1. The van der Waals surface area contributed by atoms with Crippen LogP contribution in [0, 0.1) is 0 Å². The summed E-state index contributed by atoms with van der Waals surface area (Å²) in [5.41, 5.74) is 0.756. The number of aryl methyl sites for hydroxylation is 1. The fourth-order valence-electron chi connectivity index (χ4n) is 0.858. The molecular weight excluding hydrogens is 186 g/mol. The Hall–Kier alpha value is -1.23. The van der Waals surface area contributed by atoms with Gasteiger partial charge in [-0.3, -0.25) is 4.79 Å². The molecule has 5 heteroatoms. The number of hydrogen-bond acceptors (Lipinski definition) is 4. The minimum absolute atomic E-state index is 0.119. The van der Waals surface area contributed by atoms with Crippen molar-refractivity contribution >= 4 is 17.4 Å². The zero-order chi connectivity index (χ0) is 9.68. The van der Waals surface area contributed by atoms with Crippen molar-refractivity contribution in [2.45, 2.75) is 13.3 Å². The molecule has 1 aromatic rings. The van der Waals surface area contributed by atoms with Gasteiger partial charge in [-0.15, -0.1) is 11.7 Å². The minimum atomic E-state index is -0.119. The Morgan fingerprint density at radius 2 is 2.54 bits per heavy atom. The third-order valence-corrected chi connectivity index (χ3v) is 2.27. The highest BCUT2D eigenvalue weighted by atomic mass is 32.1. The average Bonchev–Trinajstić information content (AvgIpc) is 2.61. The van der Waals surface area contributed by atoms with Crippen LogP contribution < -0.4 is 5.32 Å². The molecule has 13 heavy (non-hydrogen) atoms. The molecule has 0 atom stereocenters. The van der Waals surface area contributed by atoms with Crippen molar-refractivity contribution in [1.82, 2.24) is 14.9 Å². The van der Waals surface area contributed by atoms with Crippen molar-refractivity contribution in [3.8, 4) is 0 Å². The predicted molar refractivity (Wildman–Crippen MR) is 51.8 cm³/mol. The highest BCUT2D eigenvalue weighted by molar-refractivity contribution is 7.08. The third kappa shape index (κ3) is 2.35. The quantitative estimate of drug-likeness (QED) is 0.733. The van der Waals surface area contributed by atoms with Gasteiger partial charge < -0.3 is 5.32 Å². The second kappa shape index (κ2) is 4.71. The van der Waals surface area contributed by atoms with Crippen LogP contribution in [0.3, 0.4) is 0 Å². The molecule has 0 saturated carbocycles. The number of nitrogens with one attached hydrogen (secondary N) is 1. The summed E-state index contributed by atoms with van der Waals surface area (Å²) in [6.07, 6.45) is 2.37. The molecule has 4 nitrogen and oxygen atoms in total. The number of rotatable bonds is 4. The van der Waals surface area contributed by atoms with Gasteiger partial charge in [-0.25, -0.2) is 0 Å². The Balaban J connectivity index is 2.70. The van der Waals surface area contributed by atoms with Gasteiger partial charge in [0, 0.05) is 6.54 Å². The van der Waals surface area contributed by atoms with Gasteiger partial charge in [0.15, 0.2) is 0 Å². The summed E-state index contributed by atoms with van der Waals surface area (Å²) in [5.74, 6) is -0.119. The predicted octanol–water partition coefficient (Wildman–Crippen LogP) is 1.02. The van der Waals surface area contributed by atoms with Crippen LogP contribution in [0.5, 0.6) is 0 Å². The fourth-order valence-corrected chi connectivity index (χ4v) is 1.52. The first-order chi connectivity index (χ1) is 6.29. The first kappa shape index (κ1) is 9.85. The molecular formula is C8H11N3OS. The van der Waals surface area contributed by atoms with E-state index < -0.39 is 0 Å². The summed E-state index contributed by atoms with van der Waals surface area (Å²) < 4.78 is 3.73. The lowest BCUT2D eigenvalue weighted by Crippen LogP contribution is -2.23. The molecule has 1 amide bonds. The van der Waals surface area contributed by atoms with E-state index in [2.05, 4.69) is 21.5 Å². The van der Waals surface area contributed by atoms with Gasteiger partial charge in [-0.05, 0) is 18.0 Å². The van der Waals surface area contributed by atoms with Crippen molar-refractivity contribution in [3.63, 3.8) is 0 Å². The maximum Gasteiger partial charge on any atom is 0.265 e. The van der Waals surface area contributed by atoms with E-state index in [0.29, 0.717) is 11.4 Å². The molecule has 1 aromatic heterocycles. The summed E-state index contributed by atoms with van der Waals surface area (Å²) in [4.78, 5) is 12.0. The lowest BCUT2D eigenvalue weighted by molar-refractivity contribution is 0.0961. The van der Waals surface area contributed by atoms with Crippen molar-refractivity contribution < 1.29 is 4.79 Å². The van der Waals surface area contributed by atoms with E-state index in [1.54, 1.807) is 6.08 Å². The number of nitrogens with zero attached hydrogens (tertiary/aromatic N) is 2. The van der Waals surface area contributed by atoms with E-state index in [4.69, 9.17) is 0 Å². The van der Waals surface area contributed by atoms with Gasteiger partial charge in [0.05, 0.1) is 5.69 Å². The fraction of sp³-hybridized carbons (Fsp3) is 0.375. The van der Waals surface area contributed by atoms with Gasteiger partial charge in [-0.2, -0.15) is 0 Å². The van der Waals surface area contributed by atoms with Gasteiger partial charge in [-0.1, -0.05) is 17.5 Å². The Morgan fingerprint density at radius 1 is 1.77 bits per heavy atom. The van der Waals surface area contributed by atoms with E-state index in [1.165, 1.54) is 0 Å². The van der Waals surface area contributed by atoms with Crippen LogP contribution in [0.15, 0.2) is 12.7 Å². The third-order valence-electron chi connectivity index (χ3n) is 1.50. The Bertz CT molecular complexity index is 308. The maximum absolute atomic E-state index is 11.4. The van der Waals surface area contributed by atoms with Crippen molar-refractivity contribution in [2.24, 2.45) is 0 Å². The van der Waals surface area contributed by atoms with Gasteiger partial charge in [0.25, 0.3) is 5.91 Å². The van der Waals surface area contributed by atoms with Crippen molar-refractivity contribution in [2.75, 3.05) is 6.54 Å². The molecule has 0 radical (unpaired) electrons. The van der Waals surface area contributed by atoms with Crippen LogP contribution in [0.1, 0.15) is 22.3 Å². The molecule has 1 rings (SSSR count). The van der Waals surface area contributed by atoms with E-state index in [9.17, 15) is 4.79 Å². The van der Waals surface area contributed by atoms with Gasteiger partial charge >= 0.3 is 0 Å². The zero-order valence-electron chi connectivity index (χ0n) is 7.41. The molecule has 70 valence electrons. The molecule has 0 aliphatic rings. The molecule has 0 spiro atoms. The second-order valence-corrected chi connectivity index (χ2v) is 3.16. The molecule has 0 unspecified atom stereocenters. The van der Waals surface area contributed by atoms with E-state index in [0.717, 1.165) is 23.6 Å². The summed E-state index contributed by atoms with van der Waals surface area (Å²) in [7, 11) is 0. The monoisotopic (exact) mass is 197 g/mol. The molecule has 0 saturated heterocycles. The molecule has 0 aliphatic heterocycles. The van der Waals surface area contributed by atoms with Gasteiger partial charge in [0.2, 0.25) is 0 Å². The molecule has 0 fully saturated rings. The summed E-state index contributed by atoms with van der Waals surface area (Å²) in [6, 6.07) is 0. The summed E-state index contributed by atoms with van der Waals surface area (Å²) in [6.45, 7) is 5.93. The Kier molecular flexibility index (Phi) is 3.57. The second-order valence-electron chi connectivity index (χ2n) is 2.40. The number of carbonyl (C=O) groups excluding carboxylic acids is 1. The van der Waals surface area contributed by atoms with Crippen LogP contribution in [0.25, 0.3) is 0 Å². The molecule has 0 aliphatic carbocycles. The molecule has 1 N–H and O–H groups in total. The van der Waals surface area contributed by atoms with Crippen LogP contribution in [-0.2, 0) is 6.42 Å². The number of hydrogen-bond donors (Lipinski definition) is 1. The Labute approximate surface area is 80.8 Å². The summed E-state index contributed by atoms with van der Waals surface area (Å²) in [5, 5.41) is 6.53. The van der Waals surface area contributed by atoms with Crippen LogP contribution in [0.2, 0.25) is 0 Å². The highest BCUT2D eigenvalue weighted by Crippen LogP contribution is 2.10. The van der Waals surface area contributed by atoms with E-state index in [1.807, 2.05) is 6.92 Å². The SMILES string of the molecule is C=CCNC(=O)c1snnc1CC. The molecule has 0 aromatic carbocycles. The standard InChI is InChI=1S/C8H11N3OS/c1-3-5-9-8(12)7-6(4-2)10-11-13-7/h3H,1,4-5H2,2H3,(H,9,12). The first-order valence-corrected chi connectivity index (χ1v) is 4.77. The summed E-state index contributed by atoms with van der Waals surface area (Å²) >= 11 is 1.13. The first-order valence-electron chi connectivity index (χ1n) is 4.00. The molecule has 1 heterocycles. The zero-order valence-corrected chi connectivity index (χ0v) is 8.23. The van der Waals surface area contributed by atoms with Gasteiger partial charge in [0.1, 0.15) is 4.88 Å². The minimum Gasteiger partial charge on any atom is -0.348 e. The van der Waals surface area contributed by atoms with E-state index in [-0.39, 0.29) is 5.91 Å². The number of aromatic nitrogens is 2. The molecule has 0 bridgehead atoms. The van der Waals surface area contributed by atoms with Crippen molar-refractivity contribution in [3.05, 3.63) is 23.2 Å². The maximum atomic E-state index is 11.4. The topological polar surface area (TPSA) is 54.9 Å². The van der Waals surface area contributed by atoms with Crippen LogP contribution >= 0.6 is 11.5 Å². The van der Waals surface area contributed by atoms with E-state index >= 15 is 0 Å². The van der Waals surface area contributed by atoms with Crippen molar-refractivity contribution in [1.29, 1.82) is 0 Å². The lowest BCUT2D eigenvalue weighted by atomic mass is 10.3. The lowest BCUT2D eigenvalue weighted by Gasteiger charge is -1.98. The average molecular weight is 197 g/mol. The Morgan fingerprint density at radius 3 is 3.15 bits per heavy atom. The highest BCUT2D eigenvalue weighted by Gasteiger charge is 2.13. The van der Waals surface area contributed by atoms with Crippen LogP contribution in [0.4, 0.5) is 0 Å². The van der Waals surface area contributed by atoms with Crippen LogP contribution in [-0.4, -0.2) is 22.0 Å². The smallest absolute Gasteiger partial charge is 0.265 e. The normalized spacial score (nSPS) is 9.62. The number of amides is 1.